The van der Waals surface area contributed by atoms with Gasteiger partial charge in [0, 0.05) is 37.3 Å². The van der Waals surface area contributed by atoms with E-state index < -0.39 is 0 Å². The van der Waals surface area contributed by atoms with E-state index in [9.17, 15) is 9.18 Å². The van der Waals surface area contributed by atoms with Crippen LogP contribution in [0.5, 0.6) is 5.75 Å². The first kappa shape index (κ1) is 20.2. The van der Waals surface area contributed by atoms with Crippen molar-refractivity contribution in [1.29, 1.82) is 0 Å². The van der Waals surface area contributed by atoms with Crippen molar-refractivity contribution in [3.8, 4) is 5.75 Å². The van der Waals surface area contributed by atoms with Gasteiger partial charge in [0.05, 0.1) is 30.6 Å². The summed E-state index contributed by atoms with van der Waals surface area (Å²) in [6.07, 6.45) is 5.37. The number of amides is 1. The van der Waals surface area contributed by atoms with E-state index in [1.807, 2.05) is 0 Å². The van der Waals surface area contributed by atoms with Gasteiger partial charge >= 0.3 is 0 Å². The van der Waals surface area contributed by atoms with Crippen LogP contribution in [0.4, 0.5) is 21.7 Å². The number of hydrogen-bond donors (Lipinski definition) is 3. The van der Waals surface area contributed by atoms with Crippen molar-refractivity contribution in [2.75, 3.05) is 31.4 Å². The summed E-state index contributed by atoms with van der Waals surface area (Å²) in [5.41, 5.74) is 1.93. The average molecular weight is 452 g/mol. The second kappa shape index (κ2) is 7.31. The van der Waals surface area contributed by atoms with Crippen molar-refractivity contribution in [2.24, 2.45) is 0 Å². The molecule has 2 aliphatic carbocycles. The van der Waals surface area contributed by atoms with Crippen LogP contribution in [0, 0.1) is 5.82 Å². The molecular weight excluding hydrogens is 427 g/mol. The largest absolute Gasteiger partial charge is 0.492 e. The number of rotatable bonds is 6. The summed E-state index contributed by atoms with van der Waals surface area (Å²) in [7, 11) is 3.39. The normalized spacial score (nSPS) is 21.9. The number of carbonyl (C=O) groups is 1. The molecule has 2 saturated carbocycles. The molecule has 1 amide bonds. The van der Waals surface area contributed by atoms with Crippen molar-refractivity contribution in [2.45, 2.75) is 43.2 Å². The number of fused-ring (bicyclic) bond motifs is 3. The number of nitrogens with one attached hydrogen (secondary N) is 3. The van der Waals surface area contributed by atoms with E-state index in [0.29, 0.717) is 35.2 Å². The van der Waals surface area contributed by atoms with Crippen LogP contribution in [0.25, 0.3) is 5.65 Å². The number of halogens is 1. The number of anilines is 3. The van der Waals surface area contributed by atoms with Gasteiger partial charge in [0.2, 0.25) is 0 Å². The highest BCUT2D eigenvalue weighted by Crippen LogP contribution is 2.56. The van der Waals surface area contributed by atoms with E-state index in [2.05, 4.69) is 26.0 Å². The molecule has 6 rings (SSSR count). The zero-order chi connectivity index (χ0) is 22.7. The Balaban J connectivity index is 1.32. The quantitative estimate of drug-likeness (QED) is 0.529. The first-order valence-corrected chi connectivity index (χ1v) is 11.2. The molecule has 0 bridgehead atoms. The third-order valence-electron chi connectivity index (χ3n) is 7.06. The van der Waals surface area contributed by atoms with Gasteiger partial charge in [0.1, 0.15) is 28.8 Å². The van der Waals surface area contributed by atoms with Crippen molar-refractivity contribution in [3.05, 3.63) is 41.3 Å². The van der Waals surface area contributed by atoms with Crippen molar-refractivity contribution in [1.82, 2.24) is 19.9 Å². The molecule has 2 fully saturated rings. The lowest BCUT2D eigenvalue weighted by Gasteiger charge is -2.35. The Morgan fingerprint density at radius 2 is 2.15 bits per heavy atom. The van der Waals surface area contributed by atoms with Gasteiger partial charge in [0.15, 0.2) is 5.65 Å². The average Bonchev–Trinajstić information content (AvgIpc) is 3.34. The van der Waals surface area contributed by atoms with Crippen LogP contribution in [0.2, 0.25) is 0 Å². The number of aromatic nitrogens is 3. The van der Waals surface area contributed by atoms with Crippen molar-refractivity contribution in [3.63, 3.8) is 0 Å². The van der Waals surface area contributed by atoms with E-state index in [1.54, 1.807) is 36.9 Å². The molecule has 33 heavy (non-hydrogen) atoms. The Hall–Kier alpha value is -3.40. The lowest BCUT2D eigenvalue weighted by atomic mass is 9.89. The maximum atomic E-state index is 14.9. The molecular formula is C23H25FN6O3. The van der Waals surface area contributed by atoms with E-state index in [1.165, 1.54) is 6.20 Å². The molecule has 9 nitrogen and oxygen atoms in total. The Morgan fingerprint density at radius 1 is 1.30 bits per heavy atom. The van der Waals surface area contributed by atoms with Crippen LogP contribution in [-0.2, 0) is 10.2 Å². The van der Waals surface area contributed by atoms with Gasteiger partial charge in [-0.15, -0.1) is 0 Å². The molecule has 1 aromatic carbocycles. The van der Waals surface area contributed by atoms with Crippen LogP contribution in [0.15, 0.2) is 24.4 Å². The summed E-state index contributed by atoms with van der Waals surface area (Å²) < 4.78 is 27.7. The third kappa shape index (κ3) is 3.19. The highest BCUT2D eigenvalue weighted by Gasteiger charge is 2.51. The second-order valence-corrected chi connectivity index (χ2v) is 9.02. The van der Waals surface area contributed by atoms with Crippen LogP contribution in [-0.4, -0.2) is 53.4 Å². The smallest absolute Gasteiger partial charge is 0.257 e. The van der Waals surface area contributed by atoms with Crippen LogP contribution in [0.3, 0.4) is 0 Å². The highest BCUT2D eigenvalue weighted by molar-refractivity contribution is 6.00. The van der Waals surface area contributed by atoms with Gasteiger partial charge in [-0.1, -0.05) is 0 Å². The molecule has 2 atom stereocenters. The Morgan fingerprint density at radius 3 is 2.85 bits per heavy atom. The first-order valence-electron chi connectivity index (χ1n) is 11.2. The number of methoxy groups -OCH3 is 1. The highest BCUT2D eigenvalue weighted by atomic mass is 19.1. The molecule has 1 spiro atoms. The minimum absolute atomic E-state index is 0.00723. The Kier molecular flexibility index (Phi) is 4.48. The summed E-state index contributed by atoms with van der Waals surface area (Å²) in [5, 5.41) is 13.4. The van der Waals surface area contributed by atoms with E-state index in [4.69, 9.17) is 9.47 Å². The number of ether oxygens (including phenoxy) is 2. The first-order chi connectivity index (χ1) is 16.0. The van der Waals surface area contributed by atoms with Crippen LogP contribution >= 0.6 is 0 Å². The Bertz CT molecular complexity index is 1270. The fraction of sp³-hybridized carbons (Fsp3) is 0.435. The molecule has 0 unspecified atom stereocenters. The Labute approximate surface area is 189 Å². The van der Waals surface area contributed by atoms with E-state index in [0.717, 1.165) is 31.2 Å². The van der Waals surface area contributed by atoms with Crippen molar-refractivity contribution >= 4 is 28.9 Å². The molecule has 0 radical (unpaired) electrons. The number of hydrogen-bond acceptors (Lipinski definition) is 7. The minimum Gasteiger partial charge on any atom is -0.492 e. The molecule has 0 saturated heterocycles. The zero-order valence-corrected chi connectivity index (χ0v) is 18.4. The molecule has 3 aliphatic rings. The molecule has 10 heteroatoms. The number of benzene rings is 1. The lowest BCUT2D eigenvalue weighted by Crippen LogP contribution is -2.51. The van der Waals surface area contributed by atoms with Crippen LogP contribution < -0.4 is 20.7 Å². The summed E-state index contributed by atoms with van der Waals surface area (Å²) in [6.45, 7) is 0.610. The fourth-order valence-corrected chi connectivity index (χ4v) is 4.71. The molecule has 3 heterocycles. The molecule has 1 aliphatic heterocycles. The summed E-state index contributed by atoms with van der Waals surface area (Å²) in [5.74, 6) is 1.08. The number of nitrogens with zero attached hydrogens (tertiary/aromatic N) is 3. The molecule has 3 aromatic rings. The predicted octanol–water partition coefficient (Wildman–Crippen LogP) is 2.98. The zero-order valence-electron chi connectivity index (χ0n) is 18.4. The second-order valence-electron chi connectivity index (χ2n) is 9.02. The van der Waals surface area contributed by atoms with Gasteiger partial charge < -0.3 is 25.4 Å². The molecule has 172 valence electrons. The topological polar surface area (TPSA) is 102 Å². The third-order valence-corrected chi connectivity index (χ3v) is 7.06. The summed E-state index contributed by atoms with van der Waals surface area (Å²) in [6, 6.07) is 4.94. The summed E-state index contributed by atoms with van der Waals surface area (Å²) >= 11 is 0. The summed E-state index contributed by atoms with van der Waals surface area (Å²) in [4.78, 5) is 17.5. The van der Waals surface area contributed by atoms with Gasteiger partial charge in [-0.05, 0) is 31.7 Å². The minimum atomic E-state index is -0.361. The maximum Gasteiger partial charge on any atom is 0.257 e. The van der Waals surface area contributed by atoms with Gasteiger partial charge in [0.25, 0.3) is 5.91 Å². The predicted molar refractivity (Wildman–Crippen MR) is 120 cm³/mol. The lowest BCUT2D eigenvalue weighted by molar-refractivity contribution is 0.00732. The maximum absolute atomic E-state index is 14.9. The fourth-order valence-electron chi connectivity index (χ4n) is 4.71. The van der Waals surface area contributed by atoms with E-state index in [-0.39, 0.29) is 35.0 Å². The van der Waals surface area contributed by atoms with E-state index >= 15 is 0 Å². The number of carbonyl (C=O) groups excluding carboxylic acids is 1. The SMILES string of the molecule is CNc1cc(Nc2cc3c(cc2F)C2(CC2)CO3)nc2c(C(=O)N[C@@H]3CC[C@H]3OC)cnn12. The molecule has 2 aromatic heterocycles. The van der Waals surface area contributed by atoms with Crippen molar-refractivity contribution < 1.29 is 18.7 Å². The van der Waals surface area contributed by atoms with Gasteiger partial charge in [-0.2, -0.15) is 9.61 Å². The van der Waals surface area contributed by atoms with Gasteiger partial charge in [-0.25, -0.2) is 9.37 Å². The van der Waals surface area contributed by atoms with Crippen LogP contribution in [0.1, 0.15) is 41.6 Å². The monoisotopic (exact) mass is 452 g/mol. The molecule has 3 N–H and O–H groups in total. The van der Waals surface area contributed by atoms with Gasteiger partial charge in [-0.3, -0.25) is 4.79 Å². The standard InChI is InChI=1S/C23H25FN6O3/c1-25-20-9-19(27-16-8-18-13(7-14(16)24)23(5-6-23)11-33-18)29-21-12(10-26-30(20)21)22(31)28-15-3-4-17(15)32-2/h7-10,15,17,25H,3-6,11H2,1-2H3,(H,27,29)(H,28,31)/t15-,17-/m1/s1.